The van der Waals surface area contributed by atoms with Crippen molar-refractivity contribution in [2.75, 3.05) is 13.6 Å². The number of hydrogen-bond acceptors (Lipinski definition) is 2. The summed E-state index contributed by atoms with van der Waals surface area (Å²) in [7, 11) is 1.73. The number of likely N-dealkylation sites (N-methyl/N-ethyl adjacent to an activating group) is 1. The van der Waals surface area contributed by atoms with Crippen molar-refractivity contribution >= 4 is 5.91 Å². The van der Waals surface area contributed by atoms with E-state index in [-0.39, 0.29) is 11.3 Å². The molecule has 0 spiro atoms. The largest absolute Gasteiger partial charge is 0.341 e. The first-order valence-corrected chi connectivity index (χ1v) is 4.42. The molecule has 0 saturated heterocycles. The Morgan fingerprint density at radius 2 is 2.08 bits per heavy atom. The third kappa shape index (κ3) is 3.59. The molecule has 0 saturated carbocycles. The van der Waals surface area contributed by atoms with Crippen LogP contribution < -0.4 is 5.73 Å². The summed E-state index contributed by atoms with van der Waals surface area (Å²) in [5.41, 5.74) is 5.61. The van der Waals surface area contributed by atoms with E-state index in [1.807, 2.05) is 20.8 Å². The first-order valence-electron chi connectivity index (χ1n) is 4.42. The smallest absolute Gasteiger partial charge is 0.240 e. The number of amides is 1. The number of carbonyl (C=O) groups excluding carboxylic acids is 1. The fourth-order valence-corrected chi connectivity index (χ4v) is 0.891. The van der Waals surface area contributed by atoms with Gasteiger partial charge in [0.05, 0.1) is 6.04 Å². The molecular weight excluding hydrogens is 164 g/mol. The summed E-state index contributed by atoms with van der Waals surface area (Å²) in [6, 6.07) is -0.447. The normalized spacial score (nSPS) is 13.6. The maximum absolute atomic E-state index is 11.6. The molecule has 3 heteroatoms. The molecule has 3 nitrogen and oxygen atoms in total. The van der Waals surface area contributed by atoms with Gasteiger partial charge < -0.3 is 10.6 Å². The van der Waals surface area contributed by atoms with Gasteiger partial charge in [-0.3, -0.25) is 4.79 Å². The average molecular weight is 184 g/mol. The van der Waals surface area contributed by atoms with Gasteiger partial charge in [-0.1, -0.05) is 26.8 Å². The van der Waals surface area contributed by atoms with Crippen LogP contribution in [-0.2, 0) is 4.79 Å². The molecule has 0 rings (SSSR count). The Morgan fingerprint density at radius 1 is 1.62 bits per heavy atom. The van der Waals surface area contributed by atoms with Crippen LogP contribution in [0.25, 0.3) is 0 Å². The molecular formula is C10H20N2O. The van der Waals surface area contributed by atoms with Crippen LogP contribution in [0.5, 0.6) is 0 Å². The predicted molar refractivity (Wildman–Crippen MR) is 55.3 cm³/mol. The van der Waals surface area contributed by atoms with Crippen LogP contribution in [0.15, 0.2) is 12.7 Å². The van der Waals surface area contributed by atoms with E-state index in [2.05, 4.69) is 6.58 Å². The lowest BCUT2D eigenvalue weighted by molar-refractivity contribution is -0.133. The lowest BCUT2D eigenvalue weighted by atomic mass is 9.86. The van der Waals surface area contributed by atoms with E-state index in [1.165, 1.54) is 0 Å². The van der Waals surface area contributed by atoms with Crippen LogP contribution >= 0.6 is 0 Å². The van der Waals surface area contributed by atoms with Crippen molar-refractivity contribution in [3.63, 3.8) is 0 Å². The number of nitrogens with two attached hydrogens (primary N) is 1. The molecule has 0 fully saturated rings. The summed E-state index contributed by atoms with van der Waals surface area (Å²) in [6.45, 7) is 9.98. The number of nitrogens with zero attached hydrogens (tertiary/aromatic N) is 1. The van der Waals surface area contributed by atoms with E-state index in [4.69, 9.17) is 5.73 Å². The van der Waals surface area contributed by atoms with Crippen LogP contribution in [0.2, 0.25) is 0 Å². The van der Waals surface area contributed by atoms with E-state index in [0.717, 1.165) is 0 Å². The standard InChI is InChI=1S/C10H20N2O/c1-6-7-12(5)9(13)8(11)10(2,3)4/h6,8H,1,7,11H2,2-5H3. The van der Waals surface area contributed by atoms with Crippen molar-refractivity contribution in [3.8, 4) is 0 Å². The third-order valence-electron chi connectivity index (χ3n) is 1.98. The van der Waals surface area contributed by atoms with Crippen LogP contribution in [-0.4, -0.2) is 30.4 Å². The van der Waals surface area contributed by atoms with E-state index >= 15 is 0 Å². The Morgan fingerprint density at radius 3 is 2.38 bits per heavy atom. The van der Waals surface area contributed by atoms with E-state index in [0.29, 0.717) is 6.54 Å². The topological polar surface area (TPSA) is 46.3 Å². The Bertz CT molecular complexity index is 194. The molecule has 13 heavy (non-hydrogen) atoms. The molecule has 0 aromatic heterocycles. The fraction of sp³-hybridized carbons (Fsp3) is 0.700. The molecule has 0 aromatic carbocycles. The number of hydrogen-bond donors (Lipinski definition) is 1. The lowest BCUT2D eigenvalue weighted by Crippen LogP contribution is -2.49. The second-order valence-electron chi connectivity index (χ2n) is 4.35. The molecule has 0 heterocycles. The monoisotopic (exact) mass is 184 g/mol. The second-order valence-corrected chi connectivity index (χ2v) is 4.35. The second kappa shape index (κ2) is 4.42. The fourth-order valence-electron chi connectivity index (χ4n) is 0.891. The molecule has 1 amide bonds. The van der Waals surface area contributed by atoms with Gasteiger partial charge >= 0.3 is 0 Å². The highest BCUT2D eigenvalue weighted by Gasteiger charge is 2.29. The van der Waals surface area contributed by atoms with Crippen LogP contribution in [0, 0.1) is 5.41 Å². The van der Waals surface area contributed by atoms with Crippen molar-refractivity contribution in [2.24, 2.45) is 11.1 Å². The minimum absolute atomic E-state index is 0.0348. The minimum atomic E-state index is -0.447. The van der Waals surface area contributed by atoms with Crippen LogP contribution in [0.3, 0.4) is 0 Å². The highest BCUT2D eigenvalue weighted by molar-refractivity contribution is 5.82. The summed E-state index contributed by atoms with van der Waals surface area (Å²) in [5, 5.41) is 0. The van der Waals surface area contributed by atoms with Gasteiger partial charge in [0, 0.05) is 13.6 Å². The van der Waals surface area contributed by atoms with E-state index in [9.17, 15) is 4.79 Å². The zero-order valence-electron chi connectivity index (χ0n) is 9.00. The van der Waals surface area contributed by atoms with Gasteiger partial charge in [-0.05, 0) is 5.41 Å². The first kappa shape index (κ1) is 12.2. The molecule has 0 aliphatic rings. The van der Waals surface area contributed by atoms with Gasteiger partial charge in [-0.2, -0.15) is 0 Å². The van der Waals surface area contributed by atoms with Gasteiger partial charge in [0.1, 0.15) is 0 Å². The van der Waals surface area contributed by atoms with Gasteiger partial charge in [-0.25, -0.2) is 0 Å². The molecule has 2 N–H and O–H groups in total. The molecule has 0 radical (unpaired) electrons. The minimum Gasteiger partial charge on any atom is -0.341 e. The maximum Gasteiger partial charge on any atom is 0.240 e. The number of rotatable bonds is 3. The molecule has 0 bridgehead atoms. The summed E-state index contributed by atoms with van der Waals surface area (Å²) in [4.78, 5) is 13.2. The summed E-state index contributed by atoms with van der Waals surface area (Å²) in [5.74, 6) is -0.0348. The average Bonchev–Trinajstić information content (AvgIpc) is 2.00. The Kier molecular flexibility index (Phi) is 4.14. The van der Waals surface area contributed by atoms with Gasteiger partial charge in [-0.15, -0.1) is 6.58 Å². The van der Waals surface area contributed by atoms with Gasteiger partial charge in [0.15, 0.2) is 0 Å². The van der Waals surface area contributed by atoms with Crippen molar-refractivity contribution in [3.05, 3.63) is 12.7 Å². The first-order chi connectivity index (χ1) is 5.80. The summed E-state index contributed by atoms with van der Waals surface area (Å²) >= 11 is 0. The zero-order chi connectivity index (χ0) is 10.6. The SMILES string of the molecule is C=CCN(C)C(=O)C(N)C(C)(C)C. The highest BCUT2D eigenvalue weighted by Crippen LogP contribution is 2.18. The molecule has 76 valence electrons. The third-order valence-corrected chi connectivity index (χ3v) is 1.98. The van der Waals surface area contributed by atoms with E-state index in [1.54, 1.807) is 18.0 Å². The zero-order valence-corrected chi connectivity index (χ0v) is 9.00. The number of carbonyl (C=O) groups is 1. The predicted octanol–water partition coefficient (Wildman–Crippen LogP) is 1.00. The van der Waals surface area contributed by atoms with Crippen LogP contribution in [0.1, 0.15) is 20.8 Å². The van der Waals surface area contributed by atoms with Crippen molar-refractivity contribution < 1.29 is 4.79 Å². The molecule has 0 aliphatic carbocycles. The Labute approximate surface area is 80.6 Å². The van der Waals surface area contributed by atoms with Crippen molar-refractivity contribution in [2.45, 2.75) is 26.8 Å². The van der Waals surface area contributed by atoms with Gasteiger partial charge in [0.2, 0.25) is 5.91 Å². The maximum atomic E-state index is 11.6. The van der Waals surface area contributed by atoms with Crippen molar-refractivity contribution in [1.29, 1.82) is 0 Å². The molecule has 1 atom stereocenters. The summed E-state index contributed by atoms with van der Waals surface area (Å²) < 4.78 is 0. The molecule has 1 unspecified atom stereocenters. The Hall–Kier alpha value is -0.830. The molecule has 0 aliphatic heterocycles. The lowest BCUT2D eigenvalue weighted by Gasteiger charge is -2.29. The van der Waals surface area contributed by atoms with Gasteiger partial charge in [0.25, 0.3) is 0 Å². The van der Waals surface area contributed by atoms with Crippen LogP contribution in [0.4, 0.5) is 0 Å². The van der Waals surface area contributed by atoms with Crippen molar-refractivity contribution in [1.82, 2.24) is 4.90 Å². The van der Waals surface area contributed by atoms with E-state index < -0.39 is 6.04 Å². The molecule has 0 aromatic rings. The summed E-state index contributed by atoms with van der Waals surface area (Å²) in [6.07, 6.45) is 1.69. The highest BCUT2D eigenvalue weighted by atomic mass is 16.2. The quantitative estimate of drug-likeness (QED) is 0.665. The Balaban J connectivity index is 4.34.